The Balaban J connectivity index is 1.63. The van der Waals surface area contributed by atoms with E-state index in [4.69, 9.17) is 0 Å². The fourth-order valence-corrected chi connectivity index (χ4v) is 2.54. The van der Waals surface area contributed by atoms with Crippen molar-refractivity contribution in [2.45, 2.75) is 33.0 Å². The van der Waals surface area contributed by atoms with Gasteiger partial charge in [0.2, 0.25) is 0 Å². The summed E-state index contributed by atoms with van der Waals surface area (Å²) in [5.74, 6) is 2.14. The average molecular weight is 271 g/mol. The van der Waals surface area contributed by atoms with E-state index in [1.807, 2.05) is 12.4 Å². The van der Waals surface area contributed by atoms with Crippen molar-refractivity contribution in [3.63, 3.8) is 0 Å². The molecule has 0 aliphatic carbocycles. The fourth-order valence-electron chi connectivity index (χ4n) is 2.54. The van der Waals surface area contributed by atoms with Crippen molar-refractivity contribution in [3.05, 3.63) is 42.1 Å². The highest BCUT2D eigenvalue weighted by molar-refractivity contribution is 5.37. The number of hydrogen-bond donors (Lipinski definition) is 1. The van der Waals surface area contributed by atoms with Gasteiger partial charge in [-0.15, -0.1) is 0 Å². The summed E-state index contributed by atoms with van der Waals surface area (Å²) in [6.45, 7) is 7.11. The summed E-state index contributed by atoms with van der Waals surface area (Å²) < 4.78 is 2.23. The highest BCUT2D eigenvalue weighted by atomic mass is 15.2. The Morgan fingerprint density at radius 3 is 3.10 bits per heavy atom. The summed E-state index contributed by atoms with van der Waals surface area (Å²) in [7, 11) is 0. The molecule has 1 aliphatic rings. The number of nitrogens with zero attached hydrogens (tertiary/aromatic N) is 4. The number of anilines is 1. The number of hydrogen-bond acceptors (Lipinski definition) is 4. The van der Waals surface area contributed by atoms with Crippen molar-refractivity contribution in [1.29, 1.82) is 0 Å². The fraction of sp³-hybridized carbons (Fsp3) is 0.467. The van der Waals surface area contributed by atoms with Crippen LogP contribution in [-0.2, 0) is 19.6 Å². The van der Waals surface area contributed by atoms with Crippen molar-refractivity contribution in [2.24, 2.45) is 0 Å². The van der Waals surface area contributed by atoms with E-state index in [-0.39, 0.29) is 0 Å². The van der Waals surface area contributed by atoms with E-state index >= 15 is 0 Å². The van der Waals surface area contributed by atoms with Crippen LogP contribution >= 0.6 is 0 Å². The van der Waals surface area contributed by atoms with Crippen molar-refractivity contribution in [1.82, 2.24) is 19.4 Å². The molecule has 0 bridgehead atoms. The van der Waals surface area contributed by atoms with Crippen LogP contribution < -0.4 is 5.32 Å². The molecule has 3 heterocycles. The Morgan fingerprint density at radius 1 is 1.25 bits per heavy atom. The Morgan fingerprint density at radius 2 is 2.20 bits per heavy atom. The van der Waals surface area contributed by atoms with Gasteiger partial charge in [-0.3, -0.25) is 4.90 Å². The molecule has 0 fully saturated rings. The van der Waals surface area contributed by atoms with Gasteiger partial charge in [-0.1, -0.05) is 6.92 Å². The highest BCUT2D eigenvalue weighted by Gasteiger charge is 2.16. The van der Waals surface area contributed by atoms with Crippen LogP contribution in [0, 0.1) is 0 Å². The van der Waals surface area contributed by atoms with Gasteiger partial charge in [0.05, 0.1) is 6.54 Å². The van der Waals surface area contributed by atoms with Crippen molar-refractivity contribution >= 4 is 5.82 Å². The van der Waals surface area contributed by atoms with Gasteiger partial charge in [0.1, 0.15) is 11.6 Å². The zero-order chi connectivity index (χ0) is 13.8. The lowest BCUT2D eigenvalue weighted by Gasteiger charge is -2.27. The van der Waals surface area contributed by atoms with E-state index < -0.39 is 0 Å². The molecule has 0 saturated carbocycles. The summed E-state index contributed by atoms with van der Waals surface area (Å²) in [6.07, 6.45) is 6.95. The van der Waals surface area contributed by atoms with E-state index in [0.717, 1.165) is 50.8 Å². The van der Waals surface area contributed by atoms with Gasteiger partial charge >= 0.3 is 0 Å². The molecule has 0 saturated heterocycles. The first-order valence-electron chi connectivity index (χ1n) is 7.26. The largest absolute Gasteiger partial charge is 0.370 e. The zero-order valence-corrected chi connectivity index (χ0v) is 11.9. The van der Waals surface area contributed by atoms with Gasteiger partial charge in [-0.2, -0.15) is 0 Å². The van der Waals surface area contributed by atoms with Gasteiger partial charge in [0.25, 0.3) is 0 Å². The van der Waals surface area contributed by atoms with Crippen LogP contribution in [0.3, 0.4) is 0 Å². The van der Waals surface area contributed by atoms with E-state index in [2.05, 4.69) is 50.0 Å². The van der Waals surface area contributed by atoms with Crippen molar-refractivity contribution < 1.29 is 0 Å². The third kappa shape index (κ3) is 2.99. The van der Waals surface area contributed by atoms with Gasteiger partial charge in [0.15, 0.2) is 0 Å². The summed E-state index contributed by atoms with van der Waals surface area (Å²) in [5.41, 5.74) is 1.30. The van der Waals surface area contributed by atoms with Crippen LogP contribution in [0.2, 0.25) is 0 Å². The standard InChI is InChI=1S/C15H21N5/c1-2-4-16-14-10-13(3-5-17-14)11-19-8-9-20-7-6-18-15(20)12-19/h3,5-7,10H,2,4,8-9,11-12H2,1H3,(H,16,17). The minimum atomic E-state index is 0.924. The molecule has 0 aromatic carbocycles. The lowest BCUT2D eigenvalue weighted by molar-refractivity contribution is 0.209. The van der Waals surface area contributed by atoms with Crippen LogP contribution in [0.25, 0.3) is 0 Å². The summed E-state index contributed by atoms with van der Waals surface area (Å²) in [4.78, 5) is 11.2. The van der Waals surface area contributed by atoms with Crippen LogP contribution in [0.5, 0.6) is 0 Å². The first-order chi connectivity index (χ1) is 9.85. The monoisotopic (exact) mass is 271 g/mol. The Labute approximate surface area is 119 Å². The third-order valence-corrected chi connectivity index (χ3v) is 3.61. The molecule has 2 aromatic rings. The SMILES string of the molecule is CCCNc1cc(CN2CCn3ccnc3C2)ccn1. The maximum atomic E-state index is 4.40. The zero-order valence-electron chi connectivity index (χ0n) is 11.9. The van der Waals surface area contributed by atoms with E-state index in [1.165, 1.54) is 5.56 Å². The molecule has 0 radical (unpaired) electrons. The number of rotatable bonds is 5. The molecular weight excluding hydrogens is 250 g/mol. The second-order valence-electron chi connectivity index (χ2n) is 5.22. The molecule has 0 spiro atoms. The van der Waals surface area contributed by atoms with Crippen LogP contribution in [0.1, 0.15) is 24.7 Å². The van der Waals surface area contributed by atoms with Crippen LogP contribution in [-0.4, -0.2) is 32.5 Å². The summed E-state index contributed by atoms with van der Waals surface area (Å²) in [5, 5.41) is 3.34. The molecule has 0 atom stereocenters. The first kappa shape index (κ1) is 13.1. The van der Waals surface area contributed by atoms with Crippen LogP contribution in [0.15, 0.2) is 30.7 Å². The minimum Gasteiger partial charge on any atom is -0.370 e. The second-order valence-corrected chi connectivity index (χ2v) is 5.22. The third-order valence-electron chi connectivity index (χ3n) is 3.61. The second kappa shape index (κ2) is 6.05. The molecule has 20 heavy (non-hydrogen) atoms. The molecule has 5 heteroatoms. The molecule has 2 aromatic heterocycles. The lowest BCUT2D eigenvalue weighted by atomic mass is 10.2. The van der Waals surface area contributed by atoms with E-state index in [0.29, 0.717) is 0 Å². The predicted molar refractivity (Wildman–Crippen MR) is 79.4 cm³/mol. The maximum absolute atomic E-state index is 4.40. The normalized spacial score (nSPS) is 15.1. The lowest BCUT2D eigenvalue weighted by Crippen LogP contribution is -2.33. The quantitative estimate of drug-likeness (QED) is 0.905. The minimum absolute atomic E-state index is 0.924. The maximum Gasteiger partial charge on any atom is 0.126 e. The van der Waals surface area contributed by atoms with Gasteiger partial charge in [-0.05, 0) is 24.1 Å². The Hall–Kier alpha value is -1.88. The molecule has 3 rings (SSSR count). The number of nitrogens with one attached hydrogen (secondary N) is 1. The molecule has 1 N–H and O–H groups in total. The first-order valence-corrected chi connectivity index (χ1v) is 7.26. The van der Waals surface area contributed by atoms with E-state index in [1.54, 1.807) is 0 Å². The summed E-state index contributed by atoms with van der Waals surface area (Å²) in [6, 6.07) is 4.24. The average Bonchev–Trinajstić information content (AvgIpc) is 2.93. The van der Waals surface area contributed by atoms with Gasteiger partial charge in [-0.25, -0.2) is 9.97 Å². The van der Waals surface area contributed by atoms with Gasteiger partial charge < -0.3 is 9.88 Å². The highest BCUT2D eigenvalue weighted by Crippen LogP contribution is 2.15. The van der Waals surface area contributed by atoms with Gasteiger partial charge in [0, 0.05) is 44.8 Å². The van der Waals surface area contributed by atoms with Crippen molar-refractivity contribution in [2.75, 3.05) is 18.4 Å². The molecule has 0 amide bonds. The molecular formula is C15H21N5. The number of imidazole rings is 1. The Bertz CT molecular complexity index is 563. The Kier molecular flexibility index (Phi) is 3.97. The molecule has 1 aliphatic heterocycles. The van der Waals surface area contributed by atoms with Crippen molar-refractivity contribution in [3.8, 4) is 0 Å². The number of aromatic nitrogens is 3. The number of pyridine rings is 1. The topological polar surface area (TPSA) is 46.0 Å². The smallest absolute Gasteiger partial charge is 0.126 e. The number of fused-ring (bicyclic) bond motifs is 1. The predicted octanol–water partition coefficient (Wildman–Crippen LogP) is 2.12. The molecule has 0 unspecified atom stereocenters. The van der Waals surface area contributed by atoms with Crippen LogP contribution in [0.4, 0.5) is 5.82 Å². The summed E-state index contributed by atoms with van der Waals surface area (Å²) >= 11 is 0. The molecule has 5 nitrogen and oxygen atoms in total. The molecule has 106 valence electrons. The van der Waals surface area contributed by atoms with E-state index in [9.17, 15) is 0 Å².